The number of hydrogen-bond donors (Lipinski definition) is 0. The van der Waals surface area contributed by atoms with Crippen molar-refractivity contribution in [3.05, 3.63) is 65.4 Å². The summed E-state index contributed by atoms with van der Waals surface area (Å²) in [6.45, 7) is 4.22. The first-order valence-electron chi connectivity index (χ1n) is 7.47. The van der Waals surface area contributed by atoms with Gasteiger partial charge >= 0.3 is 51.4 Å². The van der Waals surface area contributed by atoms with E-state index in [4.69, 9.17) is 9.40 Å². The van der Waals surface area contributed by atoms with Gasteiger partial charge in [0.2, 0.25) is 0 Å². The number of nitrogens with zero attached hydrogens (tertiary/aromatic N) is 3. The van der Waals surface area contributed by atoms with Gasteiger partial charge in [-0.3, -0.25) is 0 Å². The summed E-state index contributed by atoms with van der Waals surface area (Å²) in [6.07, 6.45) is 5.45. The zero-order valence-corrected chi connectivity index (χ0v) is 12.7. The summed E-state index contributed by atoms with van der Waals surface area (Å²) in [4.78, 5) is 8.91. The van der Waals surface area contributed by atoms with Crippen LogP contribution in [-0.4, -0.2) is 65.8 Å². The summed E-state index contributed by atoms with van der Waals surface area (Å²) in [5.41, 5.74) is 7.64. The number of oxazole rings is 1. The molecule has 0 atom stereocenters. The zero-order chi connectivity index (χ0) is 15.1. The maximum absolute atomic E-state index is 5.36. The third-order valence-corrected chi connectivity index (χ3v) is 4.16. The molecule has 0 saturated heterocycles. The van der Waals surface area contributed by atoms with Crippen molar-refractivity contribution in [3.8, 4) is 0 Å². The summed E-state index contributed by atoms with van der Waals surface area (Å²) in [7, 11) is 0. The van der Waals surface area contributed by atoms with Gasteiger partial charge < -0.3 is 8.82 Å². The van der Waals surface area contributed by atoms with E-state index in [1.54, 1.807) is 0 Å². The van der Waals surface area contributed by atoms with Crippen molar-refractivity contribution in [2.45, 2.75) is 26.7 Å². The molecule has 23 heavy (non-hydrogen) atoms. The van der Waals surface area contributed by atoms with Crippen LogP contribution in [-0.2, 0) is 12.8 Å². The molecule has 0 spiro atoms. The number of fused-ring (bicyclic) bond motifs is 2. The molecular formula is C18H18KN3O. The second-order valence-corrected chi connectivity index (χ2v) is 5.73. The van der Waals surface area contributed by atoms with Crippen molar-refractivity contribution in [1.82, 2.24) is 14.4 Å². The Hall–Kier alpha value is -0.984. The van der Waals surface area contributed by atoms with Crippen LogP contribution in [0, 0.1) is 13.8 Å². The average Bonchev–Trinajstić information content (AvgIpc) is 3.09. The molecule has 0 saturated carbocycles. The van der Waals surface area contributed by atoms with Crippen LogP contribution >= 0.6 is 0 Å². The van der Waals surface area contributed by atoms with Crippen molar-refractivity contribution < 1.29 is 4.42 Å². The zero-order valence-electron chi connectivity index (χ0n) is 12.7. The Morgan fingerprint density at radius 3 is 2.83 bits per heavy atom. The summed E-state index contributed by atoms with van der Waals surface area (Å²) >= 11 is 0. The molecular weight excluding hydrogens is 313 g/mol. The molecule has 3 heterocycles. The molecule has 4 aromatic rings. The number of pyridine rings is 1. The summed E-state index contributed by atoms with van der Waals surface area (Å²) in [6, 6.07) is 10.4. The third kappa shape index (κ3) is 3.30. The van der Waals surface area contributed by atoms with Crippen LogP contribution in [0.1, 0.15) is 22.5 Å². The monoisotopic (exact) mass is 331 g/mol. The Morgan fingerprint density at radius 1 is 1.09 bits per heavy atom. The Bertz CT molecular complexity index is 971. The molecule has 0 N–H and O–H groups in total. The number of aromatic nitrogens is 3. The van der Waals surface area contributed by atoms with Crippen molar-refractivity contribution in [3.63, 3.8) is 0 Å². The van der Waals surface area contributed by atoms with Crippen LogP contribution in [0.2, 0.25) is 0 Å². The predicted octanol–water partition coefficient (Wildman–Crippen LogP) is 3.23. The Balaban J connectivity index is 0.00000156. The van der Waals surface area contributed by atoms with Gasteiger partial charge in [0.1, 0.15) is 11.2 Å². The number of aryl methyl sites for hydroxylation is 4. The topological polar surface area (TPSA) is 43.3 Å². The van der Waals surface area contributed by atoms with Crippen LogP contribution in [0.5, 0.6) is 0 Å². The van der Waals surface area contributed by atoms with E-state index < -0.39 is 0 Å². The van der Waals surface area contributed by atoms with E-state index in [0.29, 0.717) is 0 Å². The van der Waals surface area contributed by atoms with E-state index >= 15 is 0 Å². The number of imidazole rings is 1. The van der Waals surface area contributed by atoms with Gasteiger partial charge in [-0.15, -0.1) is 0 Å². The van der Waals surface area contributed by atoms with E-state index in [1.165, 1.54) is 23.2 Å². The van der Waals surface area contributed by atoms with Crippen molar-refractivity contribution in [2.75, 3.05) is 0 Å². The molecule has 0 radical (unpaired) electrons. The van der Waals surface area contributed by atoms with Crippen LogP contribution in [0.25, 0.3) is 16.7 Å². The molecule has 4 nitrogen and oxygen atoms in total. The summed E-state index contributed by atoms with van der Waals surface area (Å²) < 4.78 is 7.52. The first-order chi connectivity index (χ1) is 10.7. The predicted molar refractivity (Wildman–Crippen MR) is 93.2 cm³/mol. The van der Waals surface area contributed by atoms with Crippen molar-refractivity contribution in [2.24, 2.45) is 0 Å². The first kappa shape index (κ1) is 16.9. The Morgan fingerprint density at radius 2 is 1.96 bits per heavy atom. The van der Waals surface area contributed by atoms with Gasteiger partial charge in [0.15, 0.2) is 12.0 Å². The number of benzene rings is 1. The molecule has 0 unspecified atom stereocenters. The second-order valence-electron chi connectivity index (χ2n) is 5.73. The normalized spacial score (nSPS) is 11.0. The molecule has 0 aliphatic heterocycles. The van der Waals surface area contributed by atoms with Gasteiger partial charge in [0, 0.05) is 11.9 Å². The average molecular weight is 331 g/mol. The molecule has 1 aromatic carbocycles. The number of rotatable bonds is 3. The van der Waals surface area contributed by atoms with E-state index in [1.807, 2.05) is 6.07 Å². The first-order valence-corrected chi connectivity index (χ1v) is 7.47. The van der Waals surface area contributed by atoms with Gasteiger partial charge in [-0.05, 0) is 62.1 Å². The molecule has 0 aliphatic rings. The molecule has 0 aliphatic carbocycles. The number of hydrogen-bond acceptors (Lipinski definition) is 3. The minimum atomic E-state index is 0. The quantitative estimate of drug-likeness (QED) is 0.541. The standard InChI is InChI=1S/C18H17N3O.K.H/c1-12-7-8-21-13(2)15(20-18(21)9-12)5-3-14-4-6-16-17(10-14)22-11-19-16;;/h4,6-11H,3,5H2,1-2H3;;. The van der Waals surface area contributed by atoms with E-state index in [2.05, 4.69) is 53.7 Å². The molecule has 4 rings (SSSR count). The van der Waals surface area contributed by atoms with Gasteiger partial charge in [-0.1, -0.05) is 6.07 Å². The molecule has 0 amide bonds. The van der Waals surface area contributed by atoms with Crippen LogP contribution < -0.4 is 0 Å². The Labute approximate surface area is 177 Å². The summed E-state index contributed by atoms with van der Waals surface area (Å²) in [5.74, 6) is 0. The minimum absolute atomic E-state index is 0. The fraction of sp³-hybridized carbons (Fsp3) is 0.222. The Kier molecular flexibility index (Phi) is 5.03. The van der Waals surface area contributed by atoms with E-state index in [-0.39, 0.29) is 51.4 Å². The van der Waals surface area contributed by atoms with Crippen LogP contribution in [0.3, 0.4) is 0 Å². The van der Waals surface area contributed by atoms with Gasteiger partial charge in [-0.25, -0.2) is 9.97 Å². The van der Waals surface area contributed by atoms with E-state index in [9.17, 15) is 0 Å². The molecule has 5 heteroatoms. The van der Waals surface area contributed by atoms with Crippen LogP contribution in [0.4, 0.5) is 0 Å². The van der Waals surface area contributed by atoms with Crippen molar-refractivity contribution in [1.29, 1.82) is 0 Å². The molecule has 3 aromatic heterocycles. The maximum atomic E-state index is 5.36. The molecule has 0 fully saturated rings. The van der Waals surface area contributed by atoms with Gasteiger partial charge in [0.25, 0.3) is 0 Å². The van der Waals surface area contributed by atoms with Gasteiger partial charge in [0.05, 0.1) is 5.69 Å². The SMILES string of the molecule is Cc1ccn2c(C)c(CCc3ccc4ncoc4c3)nc2c1.[KH]. The van der Waals surface area contributed by atoms with Crippen LogP contribution in [0.15, 0.2) is 47.3 Å². The second kappa shape index (κ2) is 6.87. The van der Waals surface area contributed by atoms with E-state index in [0.717, 1.165) is 35.3 Å². The fourth-order valence-electron chi connectivity index (χ4n) is 2.87. The summed E-state index contributed by atoms with van der Waals surface area (Å²) in [5, 5.41) is 0. The third-order valence-electron chi connectivity index (χ3n) is 4.16. The van der Waals surface area contributed by atoms with Gasteiger partial charge in [-0.2, -0.15) is 0 Å². The van der Waals surface area contributed by atoms with Crippen molar-refractivity contribution >= 4 is 68.1 Å². The molecule has 0 bridgehead atoms. The molecule has 112 valence electrons. The fourth-order valence-corrected chi connectivity index (χ4v) is 2.87.